The Labute approximate surface area is 153 Å². The summed E-state index contributed by atoms with van der Waals surface area (Å²) in [4.78, 5) is 15.7. The lowest BCUT2D eigenvalue weighted by Crippen LogP contribution is -2.43. The average molecular weight is 353 g/mol. The Morgan fingerprint density at radius 1 is 1.20 bits per heavy atom. The summed E-state index contributed by atoms with van der Waals surface area (Å²) >= 11 is 2.01. The van der Waals surface area contributed by atoms with Crippen LogP contribution in [0.4, 0.5) is 5.82 Å². The van der Waals surface area contributed by atoms with Crippen LogP contribution in [0.2, 0.25) is 0 Å². The van der Waals surface area contributed by atoms with Gasteiger partial charge in [0.15, 0.2) is 0 Å². The normalized spacial score (nSPS) is 19.8. The molecule has 0 bridgehead atoms. The Hall–Kier alpha value is -2.01. The molecule has 1 aromatic carbocycles. The number of hydrogen-bond donors (Lipinski definition) is 1. The van der Waals surface area contributed by atoms with Gasteiger partial charge >= 0.3 is 0 Å². The van der Waals surface area contributed by atoms with Crippen molar-refractivity contribution in [2.45, 2.75) is 37.6 Å². The zero-order valence-electron chi connectivity index (χ0n) is 15.0. The molecule has 0 aliphatic heterocycles. The van der Waals surface area contributed by atoms with Crippen molar-refractivity contribution in [2.75, 3.05) is 17.7 Å². The lowest BCUT2D eigenvalue weighted by Gasteiger charge is -2.42. The summed E-state index contributed by atoms with van der Waals surface area (Å²) in [5, 5.41) is 1.11. The number of nitrogens with one attached hydrogen (secondary N) is 1. The highest BCUT2D eigenvalue weighted by molar-refractivity contribution is 7.99. The lowest BCUT2D eigenvalue weighted by molar-refractivity contribution is 0.286. The Balaban J connectivity index is 1.36. The fourth-order valence-electron chi connectivity index (χ4n) is 3.54. The Morgan fingerprint density at radius 2 is 2.04 bits per heavy atom. The number of hydrogen-bond acceptors (Lipinski definition) is 4. The highest BCUT2D eigenvalue weighted by Gasteiger charge is 2.33. The Kier molecular flexibility index (Phi) is 4.42. The van der Waals surface area contributed by atoms with Crippen molar-refractivity contribution in [1.29, 1.82) is 0 Å². The Bertz CT molecular complexity index is 882. The van der Waals surface area contributed by atoms with Crippen molar-refractivity contribution in [3.05, 3.63) is 47.9 Å². The van der Waals surface area contributed by atoms with Crippen LogP contribution >= 0.6 is 11.8 Å². The van der Waals surface area contributed by atoms with Gasteiger partial charge in [-0.2, -0.15) is 0 Å². The molecule has 1 fully saturated rings. The minimum Gasteiger partial charge on any atom is -0.356 e. The molecule has 2 aromatic heterocycles. The second-order valence-electron chi connectivity index (χ2n) is 7.12. The monoisotopic (exact) mass is 352 g/mol. The zero-order chi connectivity index (χ0) is 17.4. The molecule has 1 aliphatic rings. The number of aryl methyl sites for hydroxylation is 2. The molecule has 25 heavy (non-hydrogen) atoms. The van der Waals surface area contributed by atoms with E-state index in [4.69, 9.17) is 0 Å². The number of H-pyrrole nitrogens is 1. The van der Waals surface area contributed by atoms with Crippen LogP contribution in [0.5, 0.6) is 0 Å². The molecule has 0 atom stereocenters. The van der Waals surface area contributed by atoms with Gasteiger partial charge in [-0.25, -0.2) is 9.97 Å². The topological polar surface area (TPSA) is 44.8 Å². The van der Waals surface area contributed by atoms with E-state index in [0.29, 0.717) is 6.04 Å². The quantitative estimate of drug-likeness (QED) is 0.683. The fraction of sp³-hybridized carbons (Fsp3) is 0.400. The maximum absolute atomic E-state index is 4.51. The lowest BCUT2D eigenvalue weighted by atomic mass is 9.81. The van der Waals surface area contributed by atoms with Crippen LogP contribution in [-0.4, -0.2) is 33.8 Å². The minimum atomic E-state index is 0.581. The first-order valence-electron chi connectivity index (χ1n) is 8.83. The summed E-state index contributed by atoms with van der Waals surface area (Å²) in [6.45, 7) is 4.37. The third-order valence-electron chi connectivity index (χ3n) is 5.24. The standard InChI is InChI=1S/C20H24N4S/c1-13-4-5-14(2)18(8-13)25-11-15-9-16(10-15)24(3)20-17-6-7-21-19(17)22-12-23-20/h4-8,12,15-16H,9-11H2,1-3H3,(H,21,22,23)/t15-,16+. The number of aromatic nitrogens is 3. The molecule has 0 radical (unpaired) electrons. The predicted octanol–water partition coefficient (Wildman–Crippen LogP) is 4.58. The van der Waals surface area contributed by atoms with Gasteiger partial charge in [-0.1, -0.05) is 17.7 Å². The van der Waals surface area contributed by atoms with Gasteiger partial charge in [0.05, 0.1) is 5.39 Å². The Morgan fingerprint density at radius 3 is 2.88 bits per heavy atom. The van der Waals surface area contributed by atoms with Gasteiger partial charge < -0.3 is 9.88 Å². The van der Waals surface area contributed by atoms with E-state index in [1.807, 2.05) is 18.0 Å². The second-order valence-corrected chi connectivity index (χ2v) is 8.18. The van der Waals surface area contributed by atoms with Crippen molar-refractivity contribution < 1.29 is 0 Å². The SMILES string of the molecule is Cc1ccc(C)c(SC[C@H]2C[C@@H](N(C)c3ncnc4[nH]ccc34)C2)c1. The maximum atomic E-state index is 4.51. The van der Waals surface area contributed by atoms with Gasteiger partial charge in [-0.15, -0.1) is 11.8 Å². The molecule has 4 rings (SSSR count). The van der Waals surface area contributed by atoms with E-state index in [2.05, 4.69) is 65.0 Å². The smallest absolute Gasteiger partial charge is 0.142 e. The van der Waals surface area contributed by atoms with Crippen LogP contribution in [0.15, 0.2) is 41.7 Å². The van der Waals surface area contributed by atoms with E-state index in [1.54, 1.807) is 6.33 Å². The number of nitrogens with zero attached hydrogens (tertiary/aromatic N) is 3. The number of aromatic amines is 1. The van der Waals surface area contributed by atoms with Gasteiger partial charge in [0, 0.05) is 29.9 Å². The summed E-state index contributed by atoms with van der Waals surface area (Å²) in [6, 6.07) is 9.38. The molecule has 1 N–H and O–H groups in total. The predicted molar refractivity (Wildman–Crippen MR) is 105 cm³/mol. The first-order valence-corrected chi connectivity index (χ1v) is 9.81. The summed E-state index contributed by atoms with van der Waals surface area (Å²) in [5.41, 5.74) is 3.65. The molecule has 0 saturated heterocycles. The third-order valence-corrected chi connectivity index (χ3v) is 6.63. The van der Waals surface area contributed by atoms with Crippen LogP contribution in [0, 0.1) is 19.8 Å². The highest BCUT2D eigenvalue weighted by Crippen LogP contribution is 2.38. The number of thioether (sulfide) groups is 1. The first-order chi connectivity index (χ1) is 12.1. The van der Waals surface area contributed by atoms with E-state index >= 15 is 0 Å². The molecule has 130 valence electrons. The van der Waals surface area contributed by atoms with Gasteiger partial charge in [-0.3, -0.25) is 0 Å². The van der Waals surface area contributed by atoms with Crippen molar-refractivity contribution in [2.24, 2.45) is 5.92 Å². The minimum absolute atomic E-state index is 0.581. The second kappa shape index (κ2) is 6.71. The van der Waals surface area contributed by atoms with E-state index in [9.17, 15) is 0 Å². The van der Waals surface area contributed by atoms with Crippen LogP contribution in [-0.2, 0) is 0 Å². The number of benzene rings is 1. The zero-order valence-corrected chi connectivity index (χ0v) is 15.8. The molecule has 1 saturated carbocycles. The van der Waals surface area contributed by atoms with Crippen LogP contribution in [0.25, 0.3) is 11.0 Å². The summed E-state index contributed by atoms with van der Waals surface area (Å²) in [7, 11) is 2.16. The van der Waals surface area contributed by atoms with Gasteiger partial charge in [0.2, 0.25) is 0 Å². The van der Waals surface area contributed by atoms with E-state index in [0.717, 1.165) is 22.8 Å². The van der Waals surface area contributed by atoms with E-state index in [-0.39, 0.29) is 0 Å². The van der Waals surface area contributed by atoms with Crippen molar-refractivity contribution in [3.63, 3.8) is 0 Å². The molecule has 0 amide bonds. The first kappa shape index (κ1) is 16.5. The average Bonchev–Trinajstić information content (AvgIpc) is 3.04. The molecule has 0 unspecified atom stereocenters. The number of fused-ring (bicyclic) bond motifs is 1. The van der Waals surface area contributed by atoms with Crippen LogP contribution in [0.1, 0.15) is 24.0 Å². The summed E-state index contributed by atoms with van der Waals surface area (Å²) in [6.07, 6.45) is 6.06. The molecule has 0 spiro atoms. The third kappa shape index (κ3) is 3.25. The molecular formula is C20H24N4S. The highest BCUT2D eigenvalue weighted by atomic mass is 32.2. The largest absolute Gasteiger partial charge is 0.356 e. The maximum Gasteiger partial charge on any atom is 0.142 e. The molecule has 5 heteroatoms. The van der Waals surface area contributed by atoms with Crippen molar-refractivity contribution in [1.82, 2.24) is 15.0 Å². The molecule has 3 aromatic rings. The van der Waals surface area contributed by atoms with Gasteiger partial charge in [0.1, 0.15) is 17.8 Å². The summed E-state index contributed by atoms with van der Waals surface area (Å²) in [5.74, 6) is 3.04. The van der Waals surface area contributed by atoms with Gasteiger partial charge in [0.25, 0.3) is 0 Å². The van der Waals surface area contributed by atoms with Gasteiger partial charge in [-0.05, 0) is 50.3 Å². The molecule has 2 heterocycles. The van der Waals surface area contributed by atoms with Crippen molar-refractivity contribution in [3.8, 4) is 0 Å². The van der Waals surface area contributed by atoms with E-state index < -0.39 is 0 Å². The molecule has 1 aliphatic carbocycles. The molecule has 4 nitrogen and oxygen atoms in total. The van der Waals surface area contributed by atoms with Crippen molar-refractivity contribution >= 4 is 28.6 Å². The number of anilines is 1. The molecular weight excluding hydrogens is 328 g/mol. The fourth-order valence-corrected chi connectivity index (χ4v) is 4.79. The van der Waals surface area contributed by atoms with Crippen LogP contribution < -0.4 is 4.90 Å². The summed E-state index contributed by atoms with van der Waals surface area (Å²) < 4.78 is 0. The van der Waals surface area contributed by atoms with Crippen LogP contribution in [0.3, 0.4) is 0 Å². The van der Waals surface area contributed by atoms with E-state index in [1.165, 1.54) is 34.6 Å². The number of rotatable bonds is 5.